The fourth-order valence-corrected chi connectivity index (χ4v) is 5.72. The van der Waals surface area contributed by atoms with E-state index in [1.807, 2.05) is 36.5 Å². The van der Waals surface area contributed by atoms with Gasteiger partial charge in [-0.25, -0.2) is 0 Å². The molecule has 3 aliphatic rings. The number of fused-ring (bicyclic) bond motifs is 2. The van der Waals surface area contributed by atoms with Crippen LogP contribution in [0.3, 0.4) is 0 Å². The van der Waals surface area contributed by atoms with Gasteiger partial charge in [0.1, 0.15) is 5.60 Å². The van der Waals surface area contributed by atoms with Gasteiger partial charge in [0.15, 0.2) is 0 Å². The summed E-state index contributed by atoms with van der Waals surface area (Å²) in [6, 6.07) is 15.2. The van der Waals surface area contributed by atoms with Crippen molar-refractivity contribution < 1.29 is 19.1 Å². The normalized spacial score (nSPS) is 26.4. The molecule has 178 valence electrons. The number of aromatic amines is 1. The predicted molar refractivity (Wildman–Crippen MR) is 132 cm³/mol. The monoisotopic (exact) mass is 470 g/mol. The van der Waals surface area contributed by atoms with E-state index in [1.54, 1.807) is 29.2 Å². The average Bonchev–Trinajstić information content (AvgIpc) is 3.59. The van der Waals surface area contributed by atoms with Crippen molar-refractivity contribution in [2.75, 3.05) is 23.3 Å². The Morgan fingerprint density at radius 3 is 2.77 bits per heavy atom. The van der Waals surface area contributed by atoms with E-state index in [1.165, 1.54) is 6.92 Å². The van der Waals surface area contributed by atoms with Crippen molar-refractivity contribution in [3.8, 4) is 0 Å². The van der Waals surface area contributed by atoms with Crippen LogP contribution in [0.25, 0.3) is 10.9 Å². The zero-order valence-corrected chi connectivity index (χ0v) is 19.3. The summed E-state index contributed by atoms with van der Waals surface area (Å²) in [6.45, 7) is 2.29. The first-order chi connectivity index (χ1) is 16.9. The van der Waals surface area contributed by atoms with Crippen LogP contribution in [-0.4, -0.2) is 47.5 Å². The quantitative estimate of drug-likeness (QED) is 0.482. The van der Waals surface area contributed by atoms with E-state index >= 15 is 0 Å². The molecule has 8 nitrogen and oxygen atoms in total. The average molecular weight is 471 g/mol. The van der Waals surface area contributed by atoms with E-state index in [2.05, 4.69) is 21.7 Å². The molecule has 2 aromatic carbocycles. The van der Waals surface area contributed by atoms with Gasteiger partial charge in [0.2, 0.25) is 17.7 Å². The Morgan fingerprint density at radius 1 is 1.17 bits per heavy atom. The smallest absolute Gasteiger partial charge is 0.234 e. The molecule has 2 saturated heterocycles. The molecule has 2 fully saturated rings. The van der Waals surface area contributed by atoms with E-state index in [0.29, 0.717) is 30.9 Å². The molecule has 6 rings (SSSR count). The molecule has 3 aromatic rings. The summed E-state index contributed by atoms with van der Waals surface area (Å²) in [5.41, 5.74) is 2.82. The fourth-order valence-electron chi connectivity index (χ4n) is 5.72. The number of nitrogens with zero attached hydrogens (tertiary/aromatic N) is 1. The molecule has 1 spiro atoms. The summed E-state index contributed by atoms with van der Waals surface area (Å²) in [4.78, 5) is 43.0. The van der Waals surface area contributed by atoms with E-state index in [-0.39, 0.29) is 23.8 Å². The highest BCUT2D eigenvalue weighted by molar-refractivity contribution is 6.03. The van der Waals surface area contributed by atoms with Crippen molar-refractivity contribution in [3.05, 3.63) is 72.4 Å². The van der Waals surface area contributed by atoms with Gasteiger partial charge in [-0.1, -0.05) is 30.4 Å². The van der Waals surface area contributed by atoms with Crippen LogP contribution in [-0.2, 0) is 25.5 Å². The van der Waals surface area contributed by atoms with Gasteiger partial charge in [-0.2, -0.15) is 0 Å². The van der Waals surface area contributed by atoms with Crippen molar-refractivity contribution in [1.29, 1.82) is 0 Å². The van der Waals surface area contributed by atoms with E-state index in [0.717, 1.165) is 16.5 Å². The highest BCUT2D eigenvalue weighted by Crippen LogP contribution is 2.52. The number of ether oxygens (including phenoxy) is 1. The highest BCUT2D eigenvalue weighted by atomic mass is 16.5. The first kappa shape index (κ1) is 21.6. The molecule has 35 heavy (non-hydrogen) atoms. The molecule has 4 atom stereocenters. The summed E-state index contributed by atoms with van der Waals surface area (Å²) in [7, 11) is 0. The molecule has 0 saturated carbocycles. The standard InChI is InChI=1S/C27H26N4O4/c1-16(32)30-18-6-8-19(9-7-18)31-15-27-12-10-22(35-27)23(24(27)26(31)34)25(33)28-13-11-17-14-29-21-5-3-2-4-20(17)21/h2-10,12,14,22-24,29H,11,13,15H2,1H3,(H,28,33)(H,30,32)/t22-,23-,24+,27+/m0/s1. The lowest BCUT2D eigenvalue weighted by atomic mass is 9.77. The lowest BCUT2D eigenvalue weighted by Crippen LogP contribution is -2.44. The molecular weight excluding hydrogens is 444 g/mol. The number of nitrogens with one attached hydrogen (secondary N) is 3. The lowest BCUT2D eigenvalue weighted by molar-refractivity contribution is -0.131. The molecule has 8 heteroatoms. The number of amides is 3. The van der Waals surface area contributed by atoms with Crippen LogP contribution in [0.1, 0.15) is 12.5 Å². The second kappa shape index (κ2) is 8.09. The Balaban J connectivity index is 1.16. The number of hydrogen-bond acceptors (Lipinski definition) is 4. The minimum Gasteiger partial charge on any atom is -0.361 e. The van der Waals surface area contributed by atoms with Crippen molar-refractivity contribution in [3.63, 3.8) is 0 Å². The zero-order chi connectivity index (χ0) is 24.2. The number of carbonyl (C=O) groups excluding carboxylic acids is 3. The van der Waals surface area contributed by atoms with Gasteiger partial charge in [0.25, 0.3) is 0 Å². The van der Waals surface area contributed by atoms with Gasteiger partial charge in [0.05, 0.1) is 24.5 Å². The first-order valence-electron chi connectivity index (χ1n) is 11.8. The van der Waals surface area contributed by atoms with Crippen molar-refractivity contribution in [2.45, 2.75) is 25.0 Å². The number of para-hydroxylation sites is 1. The van der Waals surface area contributed by atoms with Crippen molar-refractivity contribution >= 4 is 40.0 Å². The summed E-state index contributed by atoms with van der Waals surface area (Å²) >= 11 is 0. The third kappa shape index (κ3) is 3.52. The van der Waals surface area contributed by atoms with Crippen LogP contribution in [0.2, 0.25) is 0 Å². The molecule has 3 amide bonds. The zero-order valence-electron chi connectivity index (χ0n) is 19.3. The van der Waals surface area contributed by atoms with Gasteiger partial charge >= 0.3 is 0 Å². The van der Waals surface area contributed by atoms with Gasteiger partial charge in [0, 0.05) is 41.9 Å². The lowest BCUT2D eigenvalue weighted by Gasteiger charge is -2.23. The van der Waals surface area contributed by atoms with Crippen LogP contribution >= 0.6 is 0 Å². The van der Waals surface area contributed by atoms with Crippen molar-refractivity contribution in [1.82, 2.24) is 10.3 Å². The van der Waals surface area contributed by atoms with Gasteiger partial charge < -0.3 is 25.3 Å². The number of rotatable bonds is 6. The van der Waals surface area contributed by atoms with Gasteiger partial charge in [-0.05, 0) is 42.3 Å². The maximum absolute atomic E-state index is 13.5. The number of aromatic nitrogens is 1. The Bertz CT molecular complexity index is 1360. The minimum atomic E-state index is -0.781. The molecule has 0 unspecified atom stereocenters. The van der Waals surface area contributed by atoms with Crippen LogP contribution < -0.4 is 15.5 Å². The Hall–Kier alpha value is -3.91. The van der Waals surface area contributed by atoms with E-state index < -0.39 is 17.4 Å². The number of H-pyrrole nitrogens is 1. The second-order valence-electron chi connectivity index (χ2n) is 9.45. The first-order valence-corrected chi connectivity index (χ1v) is 11.8. The Labute approximate surface area is 202 Å². The SMILES string of the molecule is CC(=O)Nc1ccc(N2C[C@@]34C=C[C@H](O3)[C@H](C(=O)NCCc3c[nH]c5ccccc35)[C@@H]4C2=O)cc1. The molecule has 3 aliphatic heterocycles. The van der Waals surface area contributed by atoms with Crippen LogP contribution in [0.15, 0.2) is 66.9 Å². The number of anilines is 2. The third-order valence-electron chi connectivity index (χ3n) is 7.27. The van der Waals surface area contributed by atoms with Gasteiger partial charge in [-0.15, -0.1) is 0 Å². The van der Waals surface area contributed by atoms with E-state index in [4.69, 9.17) is 4.74 Å². The molecule has 4 heterocycles. The Morgan fingerprint density at radius 2 is 1.97 bits per heavy atom. The summed E-state index contributed by atoms with van der Waals surface area (Å²) in [5, 5.41) is 6.92. The summed E-state index contributed by atoms with van der Waals surface area (Å²) < 4.78 is 6.23. The highest BCUT2D eigenvalue weighted by Gasteiger charge is 2.67. The molecule has 3 N–H and O–H groups in total. The van der Waals surface area contributed by atoms with Crippen LogP contribution in [0.5, 0.6) is 0 Å². The predicted octanol–water partition coefficient (Wildman–Crippen LogP) is 2.77. The third-order valence-corrected chi connectivity index (χ3v) is 7.27. The maximum atomic E-state index is 13.5. The van der Waals surface area contributed by atoms with Gasteiger partial charge in [-0.3, -0.25) is 14.4 Å². The number of benzene rings is 2. The van der Waals surface area contributed by atoms with E-state index in [9.17, 15) is 14.4 Å². The summed E-state index contributed by atoms with van der Waals surface area (Å²) in [5.74, 6) is -1.53. The largest absolute Gasteiger partial charge is 0.361 e. The minimum absolute atomic E-state index is 0.110. The van der Waals surface area contributed by atoms with Crippen LogP contribution in [0.4, 0.5) is 11.4 Å². The van der Waals surface area contributed by atoms with Crippen LogP contribution in [0, 0.1) is 11.8 Å². The maximum Gasteiger partial charge on any atom is 0.234 e. The number of carbonyl (C=O) groups is 3. The molecular formula is C27H26N4O4. The van der Waals surface area contributed by atoms with Crippen molar-refractivity contribution in [2.24, 2.45) is 11.8 Å². The molecule has 1 aromatic heterocycles. The number of hydrogen-bond donors (Lipinski definition) is 3. The topological polar surface area (TPSA) is 104 Å². The Kier molecular flexibility index (Phi) is 5.00. The second-order valence-corrected chi connectivity index (χ2v) is 9.45. The molecule has 0 radical (unpaired) electrons. The molecule has 2 bridgehead atoms. The summed E-state index contributed by atoms with van der Waals surface area (Å²) in [6.07, 6.45) is 6.14. The molecule has 0 aliphatic carbocycles. The fraction of sp³-hybridized carbons (Fsp3) is 0.296.